The van der Waals surface area contributed by atoms with Gasteiger partial charge in [-0.3, -0.25) is 0 Å². The van der Waals surface area contributed by atoms with E-state index < -0.39 is 7.14 Å². The Morgan fingerprint density at radius 1 is 0.512 bits per heavy atom. The number of hydrogen-bond donors (Lipinski definition) is 2. The highest BCUT2D eigenvalue weighted by Crippen LogP contribution is 2.44. The van der Waals surface area contributed by atoms with Gasteiger partial charge in [0.1, 0.15) is 11.5 Å². The molecule has 0 radical (unpaired) electrons. The summed E-state index contributed by atoms with van der Waals surface area (Å²) in [6.45, 7) is 13.5. The van der Waals surface area contributed by atoms with E-state index in [0.29, 0.717) is 15.9 Å². The van der Waals surface area contributed by atoms with Crippen molar-refractivity contribution >= 4 is 44.9 Å². The Labute approximate surface area is 253 Å². The third-order valence-corrected chi connectivity index (χ3v) is 11.5. The van der Waals surface area contributed by atoms with Crippen LogP contribution in [-0.2, 0) is 15.4 Å². The van der Waals surface area contributed by atoms with Gasteiger partial charge in [-0.15, -0.1) is 0 Å². The number of hydrogen-bond acceptors (Lipinski definition) is 3. The third-order valence-electron chi connectivity index (χ3n) is 8.40. The molecule has 1 aromatic heterocycles. The number of aromatic nitrogens is 1. The van der Waals surface area contributed by atoms with E-state index in [1.54, 1.807) is 48.5 Å². The van der Waals surface area contributed by atoms with Crippen molar-refractivity contribution in [2.75, 3.05) is 0 Å². The van der Waals surface area contributed by atoms with Gasteiger partial charge in [0, 0.05) is 32.4 Å². The van der Waals surface area contributed by atoms with Crippen LogP contribution in [0.25, 0.3) is 27.5 Å². The zero-order valence-corrected chi connectivity index (χ0v) is 26.5. The molecule has 6 aromatic rings. The molecule has 2 N–H and O–H groups in total. The lowest BCUT2D eigenvalue weighted by Crippen LogP contribution is -2.25. The first kappa shape index (κ1) is 28.8. The van der Waals surface area contributed by atoms with Crippen molar-refractivity contribution in [3.8, 4) is 17.2 Å². The molecule has 6 rings (SSSR count). The highest BCUT2D eigenvalue weighted by molar-refractivity contribution is 7.85. The van der Waals surface area contributed by atoms with Crippen molar-refractivity contribution in [3.63, 3.8) is 0 Å². The van der Waals surface area contributed by atoms with Gasteiger partial charge in [-0.05, 0) is 119 Å². The number of benzene rings is 5. The molecule has 0 spiro atoms. The van der Waals surface area contributed by atoms with E-state index in [-0.39, 0.29) is 22.3 Å². The Morgan fingerprint density at radius 2 is 0.860 bits per heavy atom. The van der Waals surface area contributed by atoms with Gasteiger partial charge >= 0.3 is 0 Å². The molecule has 0 saturated heterocycles. The minimum Gasteiger partial charge on any atom is -0.508 e. The molecular weight excluding hydrogens is 549 g/mol. The van der Waals surface area contributed by atoms with Crippen molar-refractivity contribution in [2.24, 2.45) is 0 Å². The summed E-state index contributed by atoms with van der Waals surface area (Å²) in [7, 11) is -3.29. The van der Waals surface area contributed by atoms with E-state index in [0.717, 1.165) is 16.7 Å². The second kappa shape index (κ2) is 10.2. The Kier molecular flexibility index (Phi) is 6.82. The summed E-state index contributed by atoms with van der Waals surface area (Å²) in [5.41, 5.74) is 5.87. The fourth-order valence-electron chi connectivity index (χ4n) is 5.82. The van der Waals surface area contributed by atoms with E-state index in [9.17, 15) is 14.8 Å². The van der Waals surface area contributed by atoms with Crippen LogP contribution in [0.15, 0.2) is 109 Å². The number of rotatable bonds is 4. The number of nitrogens with zero attached hydrogens (tertiary/aromatic N) is 1. The number of aromatic hydroxyl groups is 2. The monoisotopic (exact) mass is 587 g/mol. The molecule has 0 fully saturated rings. The molecular formula is C38H38NO3P. The molecule has 0 aliphatic rings. The Bertz CT molecular complexity index is 1880. The van der Waals surface area contributed by atoms with Gasteiger partial charge in [0.15, 0.2) is 7.14 Å². The van der Waals surface area contributed by atoms with Crippen molar-refractivity contribution < 1.29 is 14.8 Å². The number of phenols is 2. The average molecular weight is 588 g/mol. The normalized spacial score (nSPS) is 12.7. The molecule has 0 amide bonds. The van der Waals surface area contributed by atoms with Crippen molar-refractivity contribution in [1.29, 1.82) is 0 Å². The largest absolute Gasteiger partial charge is 0.508 e. The number of phenolic OH excluding ortho intramolecular Hbond substituents is 2. The van der Waals surface area contributed by atoms with Gasteiger partial charge in [-0.25, -0.2) is 0 Å². The summed E-state index contributed by atoms with van der Waals surface area (Å²) in [6.07, 6.45) is 0. The van der Waals surface area contributed by atoms with E-state index in [4.69, 9.17) is 0 Å². The first-order valence-electron chi connectivity index (χ1n) is 14.7. The molecule has 0 aliphatic carbocycles. The molecule has 0 saturated carbocycles. The van der Waals surface area contributed by atoms with Crippen LogP contribution in [0.5, 0.6) is 11.5 Å². The van der Waals surface area contributed by atoms with Gasteiger partial charge in [0.05, 0.1) is 11.0 Å². The molecule has 5 aromatic carbocycles. The van der Waals surface area contributed by atoms with Gasteiger partial charge in [0.2, 0.25) is 0 Å². The van der Waals surface area contributed by atoms with Gasteiger partial charge in [-0.1, -0.05) is 53.7 Å². The Morgan fingerprint density at radius 3 is 1.21 bits per heavy atom. The van der Waals surface area contributed by atoms with Crippen LogP contribution >= 0.6 is 7.14 Å². The maximum Gasteiger partial charge on any atom is 0.171 e. The maximum absolute atomic E-state index is 15.0. The van der Waals surface area contributed by atoms with Crippen molar-refractivity contribution in [1.82, 2.24) is 4.57 Å². The summed E-state index contributed by atoms with van der Waals surface area (Å²) in [5.74, 6) is 0.235. The molecule has 218 valence electrons. The van der Waals surface area contributed by atoms with E-state index in [2.05, 4.69) is 82.5 Å². The Balaban J connectivity index is 1.55. The molecule has 43 heavy (non-hydrogen) atoms. The topological polar surface area (TPSA) is 62.5 Å². The highest BCUT2D eigenvalue weighted by Gasteiger charge is 2.30. The summed E-state index contributed by atoms with van der Waals surface area (Å²) < 4.78 is 17.2. The maximum atomic E-state index is 15.0. The SMILES string of the molecule is CC(C)(C)c1ccc2c(c1)c1cc(C(C)(C)C)ccc1n2-c1ccc(P(=O)(c2ccc(O)cc2)c2ccc(O)cc2)cc1. The third kappa shape index (κ3) is 5.04. The van der Waals surface area contributed by atoms with Crippen LogP contribution in [0, 0.1) is 0 Å². The van der Waals surface area contributed by atoms with Crippen LogP contribution in [0.2, 0.25) is 0 Å². The summed E-state index contributed by atoms with van der Waals surface area (Å²) >= 11 is 0. The predicted octanol–water partition coefficient (Wildman–Crippen LogP) is 8.43. The lowest BCUT2D eigenvalue weighted by Gasteiger charge is -2.21. The Hall–Kier alpha value is -4.27. The zero-order chi connectivity index (χ0) is 30.7. The number of fused-ring (bicyclic) bond motifs is 3. The van der Waals surface area contributed by atoms with Crippen molar-refractivity contribution in [2.45, 2.75) is 52.4 Å². The van der Waals surface area contributed by atoms with Crippen LogP contribution < -0.4 is 15.9 Å². The minimum absolute atomic E-state index is 0.0233. The first-order chi connectivity index (χ1) is 20.3. The van der Waals surface area contributed by atoms with Gasteiger partial charge in [0.25, 0.3) is 0 Å². The second-order valence-corrected chi connectivity index (χ2v) is 16.2. The smallest absolute Gasteiger partial charge is 0.171 e. The molecule has 4 nitrogen and oxygen atoms in total. The fraction of sp³-hybridized carbons (Fsp3) is 0.211. The lowest BCUT2D eigenvalue weighted by molar-refractivity contribution is 0.475. The quantitative estimate of drug-likeness (QED) is 0.204. The second-order valence-electron chi connectivity index (χ2n) is 13.5. The van der Waals surface area contributed by atoms with E-state index >= 15 is 0 Å². The predicted molar refractivity (Wildman–Crippen MR) is 181 cm³/mol. The van der Waals surface area contributed by atoms with Crippen molar-refractivity contribution in [3.05, 3.63) is 120 Å². The molecule has 0 aliphatic heterocycles. The molecule has 0 atom stereocenters. The van der Waals surface area contributed by atoms with Gasteiger partial charge in [-0.2, -0.15) is 0 Å². The van der Waals surface area contributed by atoms with Crippen LogP contribution in [-0.4, -0.2) is 14.8 Å². The van der Waals surface area contributed by atoms with E-state index in [1.165, 1.54) is 21.9 Å². The molecule has 0 unspecified atom stereocenters. The standard InChI is InChI=1S/C38H38NO3P/c1-37(2,3)25-7-21-35-33(23-25)34-24-26(38(4,5)6)8-22-36(34)39(35)27-9-15-30(16-10-27)43(42,31-17-11-28(40)12-18-31)32-19-13-29(41)14-20-32/h7-24,40-41H,1-6H3. The van der Waals surface area contributed by atoms with E-state index in [1.807, 2.05) is 24.3 Å². The zero-order valence-electron chi connectivity index (χ0n) is 25.6. The summed E-state index contributed by atoms with van der Waals surface area (Å²) in [4.78, 5) is 0. The minimum atomic E-state index is -3.29. The summed E-state index contributed by atoms with van der Waals surface area (Å²) in [5, 5.41) is 24.2. The average Bonchev–Trinajstić information content (AvgIpc) is 3.30. The van der Waals surface area contributed by atoms with Crippen LogP contribution in [0.3, 0.4) is 0 Å². The fourth-order valence-corrected chi connectivity index (χ4v) is 8.42. The lowest BCUT2D eigenvalue weighted by atomic mass is 9.85. The van der Waals surface area contributed by atoms with Crippen LogP contribution in [0.1, 0.15) is 52.7 Å². The highest BCUT2D eigenvalue weighted by atomic mass is 31.2. The van der Waals surface area contributed by atoms with Crippen LogP contribution in [0.4, 0.5) is 0 Å². The molecule has 5 heteroatoms. The first-order valence-corrected chi connectivity index (χ1v) is 16.4. The van der Waals surface area contributed by atoms with Gasteiger partial charge < -0.3 is 19.3 Å². The molecule has 1 heterocycles. The summed E-state index contributed by atoms with van der Waals surface area (Å²) in [6, 6.07) is 34.6. The molecule has 0 bridgehead atoms.